The van der Waals surface area contributed by atoms with Crippen LogP contribution >= 0.6 is 12.4 Å². The highest BCUT2D eigenvalue weighted by Crippen LogP contribution is 2.18. The largest absolute Gasteiger partial charge is 0.445 e. The summed E-state index contributed by atoms with van der Waals surface area (Å²) in [4.78, 5) is 34.7. The van der Waals surface area contributed by atoms with Crippen LogP contribution in [-0.4, -0.2) is 29.6 Å². The first-order valence-electron chi connectivity index (χ1n) is 9.13. The van der Waals surface area contributed by atoms with Crippen LogP contribution < -0.4 is 15.8 Å². The number of benzene rings is 2. The molecule has 0 heterocycles. The first-order valence-corrected chi connectivity index (χ1v) is 9.13. The second kappa shape index (κ2) is 13.1. The van der Waals surface area contributed by atoms with E-state index < -0.39 is 23.0 Å². The maximum atomic E-state index is 12.5. The van der Waals surface area contributed by atoms with Gasteiger partial charge in [0, 0.05) is 12.1 Å². The summed E-state index contributed by atoms with van der Waals surface area (Å²) >= 11 is 0. The number of ether oxygens (including phenoxy) is 2. The summed E-state index contributed by atoms with van der Waals surface area (Å²) in [5.41, 5.74) is 6.18. The maximum absolute atomic E-state index is 12.5. The van der Waals surface area contributed by atoms with Crippen LogP contribution in [0.25, 0.3) is 0 Å². The number of halogens is 1. The van der Waals surface area contributed by atoms with E-state index in [9.17, 15) is 19.7 Å². The molecule has 0 aliphatic rings. The van der Waals surface area contributed by atoms with Crippen molar-refractivity contribution in [3.05, 3.63) is 70.3 Å². The summed E-state index contributed by atoms with van der Waals surface area (Å²) in [5.74, 6) is -0.545. The number of carbonyl (C=O) groups excluding carboxylic acids is 2. The third-order valence-corrected chi connectivity index (χ3v) is 4.00. The topological polar surface area (TPSA) is 134 Å². The minimum atomic E-state index is -0.931. The van der Waals surface area contributed by atoms with Crippen molar-refractivity contribution in [3.8, 4) is 5.75 Å². The second-order valence-corrected chi connectivity index (χ2v) is 6.22. The molecule has 1 unspecified atom stereocenters. The molecule has 0 spiro atoms. The summed E-state index contributed by atoms with van der Waals surface area (Å²) in [5, 5.41) is 13.2. The SMILES string of the molecule is Cl.NCCCCC(NC(=O)OCc1ccccc1)C(=O)Oc1ccc([N+](=O)[O-])cc1. The minimum absolute atomic E-state index is 0. The molecule has 0 fully saturated rings. The zero-order valence-corrected chi connectivity index (χ0v) is 17.0. The van der Waals surface area contributed by atoms with Gasteiger partial charge in [-0.25, -0.2) is 9.59 Å². The number of esters is 1. The lowest BCUT2D eigenvalue weighted by Crippen LogP contribution is -2.43. The number of hydrogen-bond acceptors (Lipinski definition) is 7. The van der Waals surface area contributed by atoms with Crippen LogP contribution in [0, 0.1) is 10.1 Å². The number of nitro benzene ring substituents is 1. The van der Waals surface area contributed by atoms with Gasteiger partial charge in [0.2, 0.25) is 0 Å². The van der Waals surface area contributed by atoms with Gasteiger partial charge in [0.05, 0.1) is 4.92 Å². The average molecular weight is 438 g/mol. The fourth-order valence-corrected chi connectivity index (χ4v) is 2.47. The van der Waals surface area contributed by atoms with Crippen molar-refractivity contribution in [2.24, 2.45) is 5.73 Å². The molecular weight excluding hydrogens is 414 g/mol. The zero-order chi connectivity index (χ0) is 21.1. The van der Waals surface area contributed by atoms with Gasteiger partial charge in [-0.3, -0.25) is 10.1 Å². The molecule has 0 aliphatic heterocycles. The Kier molecular flexibility index (Phi) is 10.9. The fraction of sp³-hybridized carbons (Fsp3) is 0.300. The lowest BCUT2D eigenvalue weighted by Gasteiger charge is -2.17. The number of alkyl carbamates (subject to hydrolysis) is 1. The highest BCUT2D eigenvalue weighted by Gasteiger charge is 2.23. The summed E-state index contributed by atoms with van der Waals surface area (Å²) in [6, 6.07) is 13.3. The molecule has 9 nitrogen and oxygen atoms in total. The highest BCUT2D eigenvalue weighted by atomic mass is 35.5. The van der Waals surface area contributed by atoms with E-state index in [0.29, 0.717) is 25.8 Å². The van der Waals surface area contributed by atoms with E-state index in [2.05, 4.69) is 5.32 Å². The Hall–Kier alpha value is -3.17. The lowest BCUT2D eigenvalue weighted by atomic mass is 10.1. The van der Waals surface area contributed by atoms with Crippen LogP contribution in [0.15, 0.2) is 54.6 Å². The molecule has 162 valence electrons. The number of nitro groups is 1. The molecule has 30 heavy (non-hydrogen) atoms. The van der Waals surface area contributed by atoms with Gasteiger partial charge in [0.1, 0.15) is 18.4 Å². The third kappa shape index (κ3) is 8.46. The van der Waals surface area contributed by atoms with Crippen molar-refractivity contribution in [1.29, 1.82) is 0 Å². The van der Waals surface area contributed by atoms with Gasteiger partial charge in [0.15, 0.2) is 0 Å². The molecule has 2 aromatic carbocycles. The molecule has 1 amide bonds. The number of rotatable bonds is 10. The second-order valence-electron chi connectivity index (χ2n) is 6.22. The van der Waals surface area contributed by atoms with Gasteiger partial charge in [-0.2, -0.15) is 0 Å². The Morgan fingerprint density at radius 3 is 2.33 bits per heavy atom. The normalized spacial score (nSPS) is 11.0. The summed E-state index contributed by atoms with van der Waals surface area (Å²) < 4.78 is 10.4. The van der Waals surface area contributed by atoms with Crippen molar-refractivity contribution in [2.75, 3.05) is 6.54 Å². The predicted molar refractivity (Wildman–Crippen MR) is 112 cm³/mol. The van der Waals surface area contributed by atoms with E-state index in [-0.39, 0.29) is 30.5 Å². The third-order valence-electron chi connectivity index (χ3n) is 4.00. The molecule has 2 aromatic rings. The van der Waals surface area contributed by atoms with Crippen molar-refractivity contribution < 1.29 is 24.0 Å². The first-order chi connectivity index (χ1) is 14.0. The van der Waals surface area contributed by atoms with Crippen LogP contribution in [0.4, 0.5) is 10.5 Å². The summed E-state index contributed by atoms with van der Waals surface area (Å²) in [6.45, 7) is 0.530. The van der Waals surface area contributed by atoms with Crippen molar-refractivity contribution in [3.63, 3.8) is 0 Å². The number of non-ortho nitro benzene ring substituents is 1. The van der Waals surface area contributed by atoms with E-state index in [1.807, 2.05) is 30.3 Å². The van der Waals surface area contributed by atoms with Crippen molar-refractivity contribution >= 4 is 30.2 Å². The number of nitrogens with two attached hydrogens (primary N) is 1. The highest BCUT2D eigenvalue weighted by molar-refractivity contribution is 5.85. The molecular formula is C20H24ClN3O6. The summed E-state index contributed by atoms with van der Waals surface area (Å²) in [7, 11) is 0. The number of amides is 1. The Morgan fingerprint density at radius 2 is 1.73 bits per heavy atom. The van der Waals surface area contributed by atoms with Crippen molar-refractivity contribution in [2.45, 2.75) is 31.9 Å². The fourth-order valence-electron chi connectivity index (χ4n) is 2.47. The van der Waals surface area contributed by atoms with Crippen LogP contribution in [0.1, 0.15) is 24.8 Å². The van der Waals surface area contributed by atoms with E-state index >= 15 is 0 Å². The molecule has 0 aliphatic carbocycles. The molecule has 2 rings (SSSR count). The molecule has 1 atom stereocenters. The number of nitrogens with one attached hydrogen (secondary N) is 1. The molecule has 0 saturated carbocycles. The Balaban J connectivity index is 0.00000450. The molecule has 0 bridgehead atoms. The van der Waals surface area contributed by atoms with Crippen LogP contribution in [0.2, 0.25) is 0 Å². The smallest absolute Gasteiger partial charge is 0.408 e. The minimum Gasteiger partial charge on any atom is -0.445 e. The quantitative estimate of drug-likeness (QED) is 0.191. The molecule has 0 aromatic heterocycles. The van der Waals surface area contributed by atoms with Crippen LogP contribution in [0.5, 0.6) is 5.75 Å². The Bertz CT molecular complexity index is 817. The maximum Gasteiger partial charge on any atom is 0.408 e. The standard InChI is InChI=1S/C20H23N3O6.ClH/c21-13-5-4-8-18(22-20(25)28-14-15-6-2-1-3-7-15)19(24)29-17-11-9-16(10-12-17)23(26)27;/h1-3,6-7,9-12,18H,4-5,8,13-14,21H2,(H,22,25);1H. The van der Waals surface area contributed by atoms with Gasteiger partial charge in [0.25, 0.3) is 5.69 Å². The Labute approximate surface area is 180 Å². The monoisotopic (exact) mass is 437 g/mol. The van der Waals surface area contributed by atoms with Gasteiger partial charge in [-0.15, -0.1) is 12.4 Å². The number of carbonyl (C=O) groups is 2. The molecule has 0 saturated heterocycles. The molecule has 0 radical (unpaired) electrons. The van der Waals surface area contributed by atoms with E-state index in [4.69, 9.17) is 15.2 Å². The molecule has 10 heteroatoms. The number of nitrogens with zero attached hydrogens (tertiary/aromatic N) is 1. The van der Waals surface area contributed by atoms with E-state index in [1.165, 1.54) is 24.3 Å². The predicted octanol–water partition coefficient (Wildman–Crippen LogP) is 3.35. The van der Waals surface area contributed by atoms with E-state index in [0.717, 1.165) is 5.56 Å². The van der Waals surface area contributed by atoms with Crippen molar-refractivity contribution in [1.82, 2.24) is 5.32 Å². The average Bonchev–Trinajstić information content (AvgIpc) is 2.72. The van der Waals surface area contributed by atoms with Gasteiger partial charge in [-0.05, 0) is 43.5 Å². The van der Waals surface area contributed by atoms with Gasteiger partial charge < -0.3 is 20.5 Å². The van der Waals surface area contributed by atoms with Crippen LogP contribution in [0.3, 0.4) is 0 Å². The first kappa shape index (κ1) is 24.9. The van der Waals surface area contributed by atoms with Crippen LogP contribution in [-0.2, 0) is 16.1 Å². The Morgan fingerprint density at radius 1 is 1.07 bits per heavy atom. The molecule has 3 N–H and O–H groups in total. The van der Waals surface area contributed by atoms with Gasteiger partial charge >= 0.3 is 12.1 Å². The number of unbranched alkanes of at least 4 members (excludes halogenated alkanes) is 1. The number of hydrogen-bond donors (Lipinski definition) is 2. The lowest BCUT2D eigenvalue weighted by molar-refractivity contribution is -0.384. The zero-order valence-electron chi connectivity index (χ0n) is 16.2. The van der Waals surface area contributed by atoms with E-state index in [1.54, 1.807) is 0 Å². The summed E-state index contributed by atoms with van der Waals surface area (Å²) in [6.07, 6.45) is 0.869. The van der Waals surface area contributed by atoms with Gasteiger partial charge in [-0.1, -0.05) is 30.3 Å².